The molecule has 3 heteroatoms. The third kappa shape index (κ3) is 3.14. The molecule has 0 unspecified atom stereocenters. The number of thioether (sulfide) groups is 1. The monoisotopic (exact) mass is 276 g/mol. The fourth-order valence-electron chi connectivity index (χ4n) is 2.87. The smallest absolute Gasteiger partial charge is 0.172 e. The van der Waals surface area contributed by atoms with Gasteiger partial charge in [-0.25, -0.2) is 0 Å². The summed E-state index contributed by atoms with van der Waals surface area (Å²) < 4.78 is 5.47. The fourth-order valence-corrected chi connectivity index (χ4v) is 4.09. The van der Waals surface area contributed by atoms with Crippen LogP contribution in [0.5, 0.6) is 5.75 Å². The van der Waals surface area contributed by atoms with Crippen LogP contribution in [0.25, 0.3) is 0 Å². The van der Waals surface area contributed by atoms with Crippen molar-refractivity contribution in [3.8, 4) is 5.75 Å². The zero-order chi connectivity index (χ0) is 13.1. The molecule has 1 heterocycles. The Balaban J connectivity index is 1.57. The Labute approximate surface area is 118 Å². The summed E-state index contributed by atoms with van der Waals surface area (Å²) in [6.07, 6.45) is 7.55. The molecule has 3 rings (SSSR count). The van der Waals surface area contributed by atoms with E-state index in [4.69, 9.17) is 4.74 Å². The van der Waals surface area contributed by atoms with Crippen molar-refractivity contribution in [1.82, 2.24) is 0 Å². The van der Waals surface area contributed by atoms with Crippen molar-refractivity contribution < 1.29 is 9.53 Å². The Morgan fingerprint density at radius 2 is 2.11 bits per heavy atom. The minimum Gasteiger partial charge on any atom is -0.493 e. The van der Waals surface area contributed by atoms with Gasteiger partial charge in [0.25, 0.3) is 0 Å². The van der Waals surface area contributed by atoms with Gasteiger partial charge in [-0.1, -0.05) is 19.3 Å². The quantitative estimate of drug-likeness (QED) is 0.781. The molecule has 2 nitrogen and oxygen atoms in total. The molecule has 0 aromatic heterocycles. The Morgan fingerprint density at radius 3 is 2.95 bits per heavy atom. The first-order valence-electron chi connectivity index (χ1n) is 7.23. The van der Waals surface area contributed by atoms with Crippen LogP contribution in [0.1, 0.15) is 48.0 Å². The van der Waals surface area contributed by atoms with Crippen LogP contribution in [-0.4, -0.2) is 23.4 Å². The van der Waals surface area contributed by atoms with Crippen LogP contribution in [0.2, 0.25) is 0 Å². The van der Waals surface area contributed by atoms with E-state index >= 15 is 0 Å². The maximum Gasteiger partial charge on any atom is 0.172 e. The lowest BCUT2D eigenvalue weighted by Gasteiger charge is -2.20. The normalized spacial score (nSPS) is 18.9. The minimum atomic E-state index is 0.269. The molecule has 1 saturated carbocycles. The third-order valence-electron chi connectivity index (χ3n) is 4.01. The largest absolute Gasteiger partial charge is 0.493 e. The molecule has 19 heavy (non-hydrogen) atoms. The van der Waals surface area contributed by atoms with Crippen LogP contribution >= 0.6 is 11.8 Å². The van der Waals surface area contributed by atoms with Crippen molar-refractivity contribution in [3.63, 3.8) is 0 Å². The summed E-state index contributed by atoms with van der Waals surface area (Å²) in [5, 5.41) is 0.704. The van der Waals surface area contributed by atoms with Gasteiger partial charge in [0, 0.05) is 17.2 Å². The SMILES string of the molecule is O=C(CSC1CCCCC1)c1ccc2c(c1)CCO2. The maximum atomic E-state index is 12.2. The zero-order valence-electron chi connectivity index (χ0n) is 11.2. The molecule has 0 N–H and O–H groups in total. The topological polar surface area (TPSA) is 26.3 Å². The first-order valence-corrected chi connectivity index (χ1v) is 8.28. The van der Waals surface area contributed by atoms with E-state index in [1.165, 1.54) is 37.7 Å². The molecule has 0 bridgehead atoms. The number of hydrogen-bond acceptors (Lipinski definition) is 3. The predicted octanol–water partition coefficient (Wildman–Crippen LogP) is 3.87. The van der Waals surface area contributed by atoms with Gasteiger partial charge < -0.3 is 4.74 Å². The van der Waals surface area contributed by atoms with E-state index in [2.05, 4.69) is 0 Å². The molecule has 1 aliphatic heterocycles. The summed E-state index contributed by atoms with van der Waals surface area (Å²) in [5.74, 6) is 1.85. The van der Waals surface area contributed by atoms with Crippen LogP contribution in [0.4, 0.5) is 0 Å². The van der Waals surface area contributed by atoms with Crippen molar-refractivity contribution in [3.05, 3.63) is 29.3 Å². The Hall–Kier alpha value is -0.960. The summed E-state index contributed by atoms with van der Waals surface area (Å²) in [7, 11) is 0. The standard InChI is InChI=1S/C16H20O2S/c17-15(11-19-14-4-2-1-3-5-14)12-6-7-16-13(10-12)8-9-18-16/h6-7,10,14H,1-5,8-9,11H2. The molecule has 0 radical (unpaired) electrons. The maximum absolute atomic E-state index is 12.2. The second-order valence-electron chi connectivity index (χ2n) is 5.42. The van der Waals surface area contributed by atoms with E-state index in [-0.39, 0.29) is 5.78 Å². The third-order valence-corrected chi connectivity index (χ3v) is 5.39. The van der Waals surface area contributed by atoms with E-state index in [1.54, 1.807) is 0 Å². The average Bonchev–Trinajstić information content (AvgIpc) is 2.93. The van der Waals surface area contributed by atoms with Crippen molar-refractivity contribution in [2.24, 2.45) is 0 Å². The molecular formula is C16H20O2S. The first-order chi connectivity index (χ1) is 9.33. The van der Waals surface area contributed by atoms with Gasteiger partial charge in [0.1, 0.15) is 5.75 Å². The highest BCUT2D eigenvalue weighted by Gasteiger charge is 2.18. The van der Waals surface area contributed by atoms with Gasteiger partial charge in [-0.05, 0) is 36.6 Å². The van der Waals surface area contributed by atoms with Crippen LogP contribution in [0.15, 0.2) is 18.2 Å². The van der Waals surface area contributed by atoms with Gasteiger partial charge in [0.05, 0.1) is 12.4 Å². The number of carbonyl (C=O) groups is 1. The number of fused-ring (bicyclic) bond motifs is 1. The summed E-state index contributed by atoms with van der Waals surface area (Å²) >= 11 is 1.85. The van der Waals surface area contributed by atoms with E-state index in [1.807, 2.05) is 30.0 Å². The van der Waals surface area contributed by atoms with Gasteiger partial charge in [0.2, 0.25) is 0 Å². The molecule has 1 aromatic rings. The first kappa shape index (κ1) is 13.0. The number of carbonyl (C=O) groups excluding carboxylic acids is 1. The van der Waals surface area contributed by atoms with E-state index < -0.39 is 0 Å². The van der Waals surface area contributed by atoms with Crippen LogP contribution in [-0.2, 0) is 6.42 Å². The highest BCUT2D eigenvalue weighted by Crippen LogP contribution is 2.30. The highest BCUT2D eigenvalue weighted by atomic mass is 32.2. The van der Waals surface area contributed by atoms with Gasteiger partial charge in [-0.3, -0.25) is 4.79 Å². The number of ether oxygens (including phenoxy) is 1. The highest BCUT2D eigenvalue weighted by molar-refractivity contribution is 8.00. The number of hydrogen-bond donors (Lipinski definition) is 0. The Bertz CT molecular complexity index is 464. The van der Waals surface area contributed by atoms with E-state index in [0.717, 1.165) is 24.3 Å². The molecule has 0 atom stereocenters. The lowest BCUT2D eigenvalue weighted by molar-refractivity contribution is 0.102. The van der Waals surface area contributed by atoms with Crippen LogP contribution in [0.3, 0.4) is 0 Å². The molecule has 0 saturated heterocycles. The number of ketones is 1. The summed E-state index contributed by atoms with van der Waals surface area (Å²) in [6, 6.07) is 5.88. The molecule has 1 aromatic carbocycles. The second-order valence-corrected chi connectivity index (χ2v) is 6.70. The van der Waals surface area contributed by atoms with E-state index in [0.29, 0.717) is 11.0 Å². The molecular weight excluding hydrogens is 256 g/mol. The number of benzene rings is 1. The number of rotatable bonds is 4. The molecule has 102 valence electrons. The Kier molecular flexibility index (Phi) is 4.12. The van der Waals surface area contributed by atoms with E-state index in [9.17, 15) is 4.79 Å². The summed E-state index contributed by atoms with van der Waals surface area (Å²) in [4.78, 5) is 12.2. The molecule has 2 aliphatic rings. The second kappa shape index (κ2) is 6.00. The molecule has 1 fully saturated rings. The molecule has 1 aliphatic carbocycles. The zero-order valence-corrected chi connectivity index (χ0v) is 12.0. The van der Waals surface area contributed by atoms with Gasteiger partial charge in [0.15, 0.2) is 5.78 Å². The van der Waals surface area contributed by atoms with Crippen LogP contribution in [0, 0.1) is 0 Å². The van der Waals surface area contributed by atoms with Crippen molar-refractivity contribution in [2.75, 3.05) is 12.4 Å². The number of Topliss-reactive ketones (excluding diaryl/α,β-unsaturated/α-hetero) is 1. The summed E-state index contributed by atoms with van der Waals surface area (Å²) in [6.45, 7) is 0.754. The fraction of sp³-hybridized carbons (Fsp3) is 0.562. The van der Waals surface area contributed by atoms with Gasteiger partial charge >= 0.3 is 0 Å². The van der Waals surface area contributed by atoms with Crippen molar-refractivity contribution >= 4 is 17.5 Å². The van der Waals surface area contributed by atoms with Gasteiger partial charge in [-0.2, -0.15) is 11.8 Å². The Morgan fingerprint density at radius 1 is 1.26 bits per heavy atom. The van der Waals surface area contributed by atoms with Crippen molar-refractivity contribution in [2.45, 2.75) is 43.8 Å². The van der Waals surface area contributed by atoms with Crippen molar-refractivity contribution in [1.29, 1.82) is 0 Å². The van der Waals surface area contributed by atoms with Crippen LogP contribution < -0.4 is 4.74 Å². The molecule has 0 amide bonds. The predicted molar refractivity (Wildman–Crippen MR) is 79.3 cm³/mol. The average molecular weight is 276 g/mol. The summed E-state index contributed by atoms with van der Waals surface area (Å²) in [5.41, 5.74) is 2.04. The minimum absolute atomic E-state index is 0.269. The molecule has 0 spiro atoms. The lowest BCUT2D eigenvalue weighted by atomic mass is 10.0. The lowest BCUT2D eigenvalue weighted by Crippen LogP contribution is -2.12. The van der Waals surface area contributed by atoms with Gasteiger partial charge in [-0.15, -0.1) is 0 Å².